The Labute approximate surface area is 135 Å². The van der Waals surface area contributed by atoms with Crippen molar-refractivity contribution in [1.29, 1.82) is 0 Å². The van der Waals surface area contributed by atoms with Crippen LogP contribution in [0, 0.1) is 11.8 Å². The van der Waals surface area contributed by atoms with E-state index in [1.54, 1.807) is 14.2 Å². The molecule has 0 aliphatic carbocycles. The summed E-state index contributed by atoms with van der Waals surface area (Å²) in [6.45, 7) is 7.64. The molecule has 0 saturated heterocycles. The Bertz CT molecular complexity index is 416. The van der Waals surface area contributed by atoms with E-state index in [4.69, 9.17) is 14.2 Å². The van der Waals surface area contributed by atoms with Crippen LogP contribution in [0.1, 0.15) is 26.3 Å². The molecule has 0 bridgehead atoms. The molecule has 0 aliphatic heterocycles. The minimum Gasteiger partial charge on any atom is -0.381 e. The van der Waals surface area contributed by atoms with Gasteiger partial charge >= 0.3 is 0 Å². The molecule has 3 heteroatoms. The maximum atomic E-state index is 5.85. The standard InChI is InChI=1S/C19H30O3/c1-6-10-18(20-4)16(3)19(21-5)15(2)13-22-14-17-11-8-7-9-12-17/h6-12,15-16,18-19H,13-14H2,1-5H3. The van der Waals surface area contributed by atoms with Gasteiger partial charge in [0.2, 0.25) is 0 Å². The van der Waals surface area contributed by atoms with Crippen molar-refractivity contribution in [2.24, 2.45) is 11.8 Å². The first kappa shape index (κ1) is 18.9. The van der Waals surface area contributed by atoms with Gasteiger partial charge in [0.1, 0.15) is 0 Å². The van der Waals surface area contributed by atoms with Crippen LogP contribution in [0.3, 0.4) is 0 Å². The van der Waals surface area contributed by atoms with Crippen LogP contribution in [0.15, 0.2) is 42.5 Å². The predicted octanol–water partition coefficient (Wildman–Crippen LogP) is 4.08. The van der Waals surface area contributed by atoms with Crippen LogP contribution < -0.4 is 0 Å². The third kappa shape index (κ3) is 5.91. The highest BCUT2D eigenvalue weighted by atomic mass is 16.5. The highest BCUT2D eigenvalue weighted by Gasteiger charge is 2.28. The second-order valence-electron chi connectivity index (χ2n) is 5.76. The van der Waals surface area contributed by atoms with Crippen LogP contribution >= 0.6 is 0 Å². The molecule has 4 unspecified atom stereocenters. The van der Waals surface area contributed by atoms with Crippen LogP contribution in [0.2, 0.25) is 0 Å². The Morgan fingerprint density at radius 2 is 1.73 bits per heavy atom. The second-order valence-corrected chi connectivity index (χ2v) is 5.76. The maximum Gasteiger partial charge on any atom is 0.0802 e. The van der Waals surface area contributed by atoms with E-state index in [1.807, 2.05) is 31.2 Å². The van der Waals surface area contributed by atoms with E-state index in [0.29, 0.717) is 19.1 Å². The molecular formula is C19H30O3. The van der Waals surface area contributed by atoms with Crippen LogP contribution in [-0.2, 0) is 20.8 Å². The number of ether oxygens (including phenoxy) is 3. The van der Waals surface area contributed by atoms with Crippen molar-refractivity contribution in [1.82, 2.24) is 0 Å². The Morgan fingerprint density at radius 3 is 2.27 bits per heavy atom. The topological polar surface area (TPSA) is 27.7 Å². The summed E-state index contributed by atoms with van der Waals surface area (Å²) in [5, 5.41) is 0. The zero-order valence-corrected chi connectivity index (χ0v) is 14.5. The van der Waals surface area contributed by atoms with Gasteiger partial charge in [-0.15, -0.1) is 0 Å². The molecule has 0 aliphatic rings. The molecule has 1 aromatic carbocycles. The molecule has 0 aromatic heterocycles. The zero-order chi connectivity index (χ0) is 16.4. The quantitative estimate of drug-likeness (QED) is 0.610. The Hall–Kier alpha value is -1.16. The summed E-state index contributed by atoms with van der Waals surface area (Å²) in [4.78, 5) is 0. The highest BCUT2D eigenvalue weighted by Crippen LogP contribution is 2.22. The Kier molecular flexibility index (Phi) is 9.05. The lowest BCUT2D eigenvalue weighted by Crippen LogP contribution is -2.37. The molecular weight excluding hydrogens is 276 g/mol. The van der Waals surface area contributed by atoms with Gasteiger partial charge in [0.25, 0.3) is 0 Å². The zero-order valence-electron chi connectivity index (χ0n) is 14.5. The van der Waals surface area contributed by atoms with Gasteiger partial charge in [0.05, 0.1) is 25.4 Å². The minimum atomic E-state index is 0.0616. The maximum absolute atomic E-state index is 5.85. The molecule has 0 heterocycles. The van der Waals surface area contributed by atoms with E-state index in [2.05, 4.69) is 32.1 Å². The van der Waals surface area contributed by atoms with Crippen molar-refractivity contribution in [2.75, 3.05) is 20.8 Å². The number of rotatable bonds is 10. The molecule has 4 atom stereocenters. The average Bonchev–Trinajstić information content (AvgIpc) is 2.54. The predicted molar refractivity (Wildman–Crippen MR) is 90.8 cm³/mol. The Morgan fingerprint density at radius 1 is 1.05 bits per heavy atom. The van der Waals surface area contributed by atoms with Gasteiger partial charge in [-0.25, -0.2) is 0 Å². The third-order valence-corrected chi connectivity index (χ3v) is 4.02. The second kappa shape index (κ2) is 10.5. The molecule has 0 saturated carbocycles. The lowest BCUT2D eigenvalue weighted by atomic mass is 9.89. The Balaban J connectivity index is 2.51. The van der Waals surface area contributed by atoms with Crippen molar-refractivity contribution in [3.63, 3.8) is 0 Å². The molecule has 124 valence electrons. The van der Waals surface area contributed by atoms with Gasteiger partial charge in [-0.1, -0.05) is 56.3 Å². The van der Waals surface area contributed by atoms with Gasteiger partial charge in [0, 0.05) is 26.1 Å². The van der Waals surface area contributed by atoms with Crippen molar-refractivity contribution >= 4 is 0 Å². The van der Waals surface area contributed by atoms with Crippen molar-refractivity contribution in [2.45, 2.75) is 39.6 Å². The number of benzene rings is 1. The number of methoxy groups -OCH3 is 2. The summed E-state index contributed by atoms with van der Waals surface area (Å²) in [7, 11) is 3.50. The first-order chi connectivity index (χ1) is 10.6. The number of hydrogen-bond donors (Lipinski definition) is 0. The fourth-order valence-corrected chi connectivity index (χ4v) is 2.84. The van der Waals surface area contributed by atoms with E-state index in [0.717, 1.165) is 0 Å². The lowest BCUT2D eigenvalue weighted by Gasteiger charge is -2.31. The molecule has 3 nitrogen and oxygen atoms in total. The summed E-state index contributed by atoms with van der Waals surface area (Å²) in [5.41, 5.74) is 1.19. The van der Waals surface area contributed by atoms with Crippen LogP contribution in [-0.4, -0.2) is 33.0 Å². The molecule has 1 rings (SSSR count). The van der Waals surface area contributed by atoms with E-state index in [1.165, 1.54) is 5.56 Å². The summed E-state index contributed by atoms with van der Waals surface area (Å²) in [6.07, 6.45) is 4.26. The lowest BCUT2D eigenvalue weighted by molar-refractivity contribution is -0.0552. The van der Waals surface area contributed by atoms with Crippen molar-refractivity contribution < 1.29 is 14.2 Å². The first-order valence-electron chi connectivity index (χ1n) is 7.94. The van der Waals surface area contributed by atoms with E-state index in [9.17, 15) is 0 Å². The van der Waals surface area contributed by atoms with Crippen LogP contribution in [0.4, 0.5) is 0 Å². The van der Waals surface area contributed by atoms with Crippen LogP contribution in [0.5, 0.6) is 0 Å². The van der Waals surface area contributed by atoms with Crippen LogP contribution in [0.25, 0.3) is 0 Å². The molecule has 0 fully saturated rings. The largest absolute Gasteiger partial charge is 0.381 e. The SMILES string of the molecule is CC=CC(OC)C(C)C(OC)C(C)COCc1ccccc1. The fourth-order valence-electron chi connectivity index (χ4n) is 2.84. The van der Waals surface area contributed by atoms with Gasteiger partial charge in [-0.3, -0.25) is 0 Å². The fraction of sp³-hybridized carbons (Fsp3) is 0.579. The van der Waals surface area contributed by atoms with Gasteiger partial charge in [-0.2, -0.15) is 0 Å². The van der Waals surface area contributed by atoms with Crippen molar-refractivity contribution in [3.05, 3.63) is 48.0 Å². The smallest absolute Gasteiger partial charge is 0.0802 e. The molecule has 0 radical (unpaired) electrons. The first-order valence-corrected chi connectivity index (χ1v) is 7.94. The average molecular weight is 306 g/mol. The van der Waals surface area contributed by atoms with E-state index < -0.39 is 0 Å². The summed E-state index contributed by atoms with van der Waals surface area (Å²) in [5.74, 6) is 0.563. The third-order valence-electron chi connectivity index (χ3n) is 4.02. The van der Waals surface area contributed by atoms with E-state index in [-0.39, 0.29) is 18.1 Å². The molecule has 0 N–H and O–H groups in total. The van der Waals surface area contributed by atoms with Gasteiger partial charge in [0.15, 0.2) is 0 Å². The molecule has 0 spiro atoms. The van der Waals surface area contributed by atoms with Crippen molar-refractivity contribution in [3.8, 4) is 0 Å². The molecule has 22 heavy (non-hydrogen) atoms. The van der Waals surface area contributed by atoms with Gasteiger partial charge < -0.3 is 14.2 Å². The summed E-state index contributed by atoms with van der Waals surface area (Å²) >= 11 is 0. The minimum absolute atomic E-state index is 0.0616. The normalized spacial score (nSPS) is 17.3. The monoisotopic (exact) mass is 306 g/mol. The number of hydrogen-bond acceptors (Lipinski definition) is 3. The highest BCUT2D eigenvalue weighted by molar-refractivity contribution is 5.13. The van der Waals surface area contributed by atoms with E-state index >= 15 is 0 Å². The summed E-state index contributed by atoms with van der Waals surface area (Å²) in [6, 6.07) is 10.2. The molecule has 0 amide bonds. The summed E-state index contributed by atoms with van der Waals surface area (Å²) < 4.78 is 17.1. The number of allylic oxidation sites excluding steroid dienone is 1. The van der Waals surface area contributed by atoms with Gasteiger partial charge in [-0.05, 0) is 12.5 Å². The molecule has 1 aromatic rings.